The summed E-state index contributed by atoms with van der Waals surface area (Å²) in [5.74, 6) is 0.176. The van der Waals surface area contributed by atoms with Gasteiger partial charge in [0, 0.05) is 45.1 Å². The van der Waals surface area contributed by atoms with Gasteiger partial charge in [-0.3, -0.25) is 14.7 Å². The van der Waals surface area contributed by atoms with E-state index in [1.807, 2.05) is 47.1 Å². The average molecular weight is 352 g/mol. The van der Waals surface area contributed by atoms with Gasteiger partial charge in [-0.25, -0.2) is 0 Å². The minimum atomic E-state index is 0.176. The van der Waals surface area contributed by atoms with Crippen LogP contribution in [0.15, 0.2) is 42.7 Å². The first-order valence-corrected chi connectivity index (χ1v) is 9.57. The Labute approximate surface area is 155 Å². The van der Waals surface area contributed by atoms with Gasteiger partial charge in [-0.15, -0.1) is 0 Å². The second-order valence-electron chi connectivity index (χ2n) is 8.09. The zero-order valence-corrected chi connectivity index (χ0v) is 15.8. The number of hydrogen-bond acceptors (Lipinski definition) is 3. The third kappa shape index (κ3) is 3.28. The topological polar surface area (TPSA) is 41.4 Å². The fourth-order valence-corrected chi connectivity index (χ4v) is 4.57. The largest absolute Gasteiger partial charge is 0.347 e. The van der Waals surface area contributed by atoms with E-state index in [9.17, 15) is 4.79 Å². The van der Waals surface area contributed by atoms with Crippen LogP contribution in [0.25, 0.3) is 0 Å². The smallest absolute Gasteiger partial charge is 0.270 e. The summed E-state index contributed by atoms with van der Waals surface area (Å²) in [6.45, 7) is 2.70. The van der Waals surface area contributed by atoms with Crippen molar-refractivity contribution in [2.75, 3.05) is 20.1 Å². The Morgan fingerprint density at radius 2 is 2.00 bits per heavy atom. The number of hydrogen-bond donors (Lipinski definition) is 0. The molecule has 1 amide bonds. The van der Waals surface area contributed by atoms with Crippen LogP contribution in [0.1, 0.15) is 41.9 Å². The minimum Gasteiger partial charge on any atom is -0.347 e. The van der Waals surface area contributed by atoms with Gasteiger partial charge in [0.2, 0.25) is 0 Å². The summed E-state index contributed by atoms with van der Waals surface area (Å²) >= 11 is 0. The Bertz CT molecular complexity index is 753. The monoisotopic (exact) mass is 352 g/mol. The molecule has 1 aliphatic carbocycles. The second-order valence-corrected chi connectivity index (χ2v) is 8.09. The SMILES string of the molecule is CN(Cc1ccccn1)C1CC2(CCN(C(=O)c3cccn3C)CC2)C1. The average Bonchev–Trinajstić information content (AvgIpc) is 3.06. The van der Waals surface area contributed by atoms with Crippen LogP contribution in [0.4, 0.5) is 0 Å². The summed E-state index contributed by atoms with van der Waals surface area (Å²) in [6, 6.07) is 10.6. The summed E-state index contributed by atoms with van der Waals surface area (Å²) in [4.78, 5) is 21.6. The first-order chi connectivity index (χ1) is 12.6. The van der Waals surface area contributed by atoms with Gasteiger partial charge in [0.15, 0.2) is 0 Å². The third-order valence-corrected chi connectivity index (χ3v) is 6.37. The molecule has 4 rings (SSSR count). The van der Waals surface area contributed by atoms with E-state index in [-0.39, 0.29) is 5.91 Å². The van der Waals surface area contributed by atoms with Crippen molar-refractivity contribution in [3.63, 3.8) is 0 Å². The molecule has 2 aliphatic rings. The Morgan fingerprint density at radius 1 is 1.23 bits per heavy atom. The predicted octanol–water partition coefficient (Wildman–Crippen LogP) is 2.94. The van der Waals surface area contributed by atoms with Crippen molar-refractivity contribution >= 4 is 5.91 Å². The van der Waals surface area contributed by atoms with Crippen molar-refractivity contribution in [1.29, 1.82) is 0 Å². The summed E-state index contributed by atoms with van der Waals surface area (Å²) in [7, 11) is 4.15. The highest BCUT2D eigenvalue weighted by molar-refractivity contribution is 5.92. The Kier molecular flexibility index (Phi) is 4.57. The lowest BCUT2D eigenvalue weighted by atomic mass is 9.60. The lowest BCUT2D eigenvalue weighted by Crippen LogP contribution is -2.54. The highest BCUT2D eigenvalue weighted by Crippen LogP contribution is 2.50. The second kappa shape index (κ2) is 6.88. The number of piperidine rings is 1. The Hall–Kier alpha value is -2.14. The van der Waals surface area contributed by atoms with Crippen LogP contribution in [0.5, 0.6) is 0 Å². The molecule has 26 heavy (non-hydrogen) atoms. The van der Waals surface area contributed by atoms with Gasteiger partial charge in [-0.2, -0.15) is 0 Å². The fourth-order valence-electron chi connectivity index (χ4n) is 4.57. The van der Waals surface area contributed by atoms with E-state index in [1.54, 1.807) is 0 Å². The predicted molar refractivity (Wildman–Crippen MR) is 102 cm³/mol. The lowest BCUT2D eigenvalue weighted by molar-refractivity contribution is -0.0332. The van der Waals surface area contributed by atoms with Crippen LogP contribution in [-0.4, -0.2) is 51.4 Å². The number of amides is 1. The molecule has 0 aromatic carbocycles. The van der Waals surface area contributed by atoms with Crippen LogP contribution in [0.2, 0.25) is 0 Å². The molecule has 3 heterocycles. The summed E-state index contributed by atoms with van der Waals surface area (Å²) < 4.78 is 1.92. The molecule has 0 unspecified atom stereocenters. The van der Waals surface area contributed by atoms with Gasteiger partial charge in [0.05, 0.1) is 5.69 Å². The number of nitrogens with zero attached hydrogens (tertiary/aromatic N) is 4. The van der Waals surface area contributed by atoms with E-state index in [2.05, 4.69) is 29.1 Å². The molecule has 2 aromatic rings. The highest BCUT2D eigenvalue weighted by Gasteiger charge is 2.47. The standard InChI is InChI=1S/C21H28N4O/c1-23-11-5-7-19(23)20(26)25-12-8-21(9-13-25)14-18(15-21)24(2)16-17-6-3-4-10-22-17/h3-7,10-11,18H,8-9,12-16H2,1-2H3. The van der Waals surface area contributed by atoms with Crippen molar-refractivity contribution in [3.05, 3.63) is 54.1 Å². The van der Waals surface area contributed by atoms with Gasteiger partial charge < -0.3 is 9.47 Å². The number of aromatic nitrogens is 2. The number of aryl methyl sites for hydroxylation is 1. The maximum absolute atomic E-state index is 12.7. The van der Waals surface area contributed by atoms with Crippen LogP contribution >= 0.6 is 0 Å². The summed E-state index contributed by atoms with van der Waals surface area (Å²) in [6.07, 6.45) is 8.58. The van der Waals surface area contributed by atoms with Crippen LogP contribution in [0.3, 0.4) is 0 Å². The molecule has 1 spiro atoms. The molecule has 1 saturated carbocycles. The van der Waals surface area contributed by atoms with Crippen molar-refractivity contribution in [1.82, 2.24) is 19.4 Å². The molecule has 1 saturated heterocycles. The van der Waals surface area contributed by atoms with Gasteiger partial charge in [-0.1, -0.05) is 6.07 Å². The molecule has 138 valence electrons. The van der Waals surface area contributed by atoms with Gasteiger partial charge >= 0.3 is 0 Å². The zero-order chi connectivity index (χ0) is 18.1. The van der Waals surface area contributed by atoms with Crippen molar-refractivity contribution in [2.24, 2.45) is 12.5 Å². The summed E-state index contributed by atoms with van der Waals surface area (Å²) in [5, 5.41) is 0. The van der Waals surface area contributed by atoms with E-state index in [0.717, 1.165) is 43.9 Å². The maximum atomic E-state index is 12.7. The van der Waals surface area contributed by atoms with E-state index in [0.29, 0.717) is 11.5 Å². The van der Waals surface area contributed by atoms with Crippen molar-refractivity contribution in [3.8, 4) is 0 Å². The van der Waals surface area contributed by atoms with E-state index in [4.69, 9.17) is 0 Å². The molecule has 0 bridgehead atoms. The highest BCUT2D eigenvalue weighted by atomic mass is 16.2. The van der Waals surface area contributed by atoms with Crippen LogP contribution < -0.4 is 0 Å². The number of pyridine rings is 1. The van der Waals surface area contributed by atoms with E-state index >= 15 is 0 Å². The zero-order valence-electron chi connectivity index (χ0n) is 15.8. The number of carbonyl (C=O) groups excluding carboxylic acids is 1. The maximum Gasteiger partial charge on any atom is 0.270 e. The molecule has 0 atom stereocenters. The van der Waals surface area contributed by atoms with E-state index < -0.39 is 0 Å². The van der Waals surface area contributed by atoms with Crippen molar-refractivity contribution in [2.45, 2.75) is 38.3 Å². The minimum absolute atomic E-state index is 0.176. The lowest BCUT2D eigenvalue weighted by Gasteiger charge is -2.54. The first-order valence-electron chi connectivity index (χ1n) is 9.57. The van der Waals surface area contributed by atoms with Gasteiger partial charge in [0.25, 0.3) is 5.91 Å². The molecular formula is C21H28N4O. The summed E-state index contributed by atoms with van der Waals surface area (Å²) in [5.41, 5.74) is 2.38. The molecule has 2 fully saturated rings. The van der Waals surface area contributed by atoms with Crippen LogP contribution in [-0.2, 0) is 13.6 Å². The fraction of sp³-hybridized carbons (Fsp3) is 0.524. The Morgan fingerprint density at radius 3 is 2.62 bits per heavy atom. The van der Waals surface area contributed by atoms with Gasteiger partial charge in [-0.05, 0) is 62.4 Å². The number of rotatable bonds is 4. The first kappa shape index (κ1) is 17.3. The van der Waals surface area contributed by atoms with Gasteiger partial charge in [0.1, 0.15) is 5.69 Å². The molecular weight excluding hydrogens is 324 g/mol. The molecule has 5 nitrogen and oxygen atoms in total. The van der Waals surface area contributed by atoms with Crippen molar-refractivity contribution < 1.29 is 4.79 Å². The molecule has 2 aromatic heterocycles. The normalized spacial score (nSPS) is 19.7. The number of likely N-dealkylation sites (tertiary alicyclic amines) is 1. The number of carbonyl (C=O) groups is 1. The van der Waals surface area contributed by atoms with E-state index in [1.165, 1.54) is 12.8 Å². The molecule has 1 aliphatic heterocycles. The molecule has 0 radical (unpaired) electrons. The van der Waals surface area contributed by atoms with Crippen LogP contribution in [0, 0.1) is 5.41 Å². The third-order valence-electron chi connectivity index (χ3n) is 6.37. The molecule has 5 heteroatoms. The molecule has 0 N–H and O–H groups in total. The Balaban J connectivity index is 1.28. The quantitative estimate of drug-likeness (QED) is 0.849.